The molecule has 2 amide bonds. The van der Waals surface area contributed by atoms with Crippen molar-refractivity contribution in [3.05, 3.63) is 30.3 Å². The lowest BCUT2D eigenvalue weighted by Crippen LogP contribution is -2.48. The van der Waals surface area contributed by atoms with Gasteiger partial charge in [0.1, 0.15) is 6.54 Å². The number of hydrogen-bond donors (Lipinski definition) is 2. The predicted octanol–water partition coefficient (Wildman–Crippen LogP) is 1.47. The number of rotatable bonds is 4. The molecule has 1 aromatic carbocycles. The Hall–Kier alpha value is -2.08. The Kier molecular flexibility index (Phi) is 4.95. The lowest BCUT2D eigenvalue weighted by atomic mass is 10.1. The van der Waals surface area contributed by atoms with Crippen LogP contribution in [-0.2, 0) is 9.53 Å². The second-order valence-corrected chi connectivity index (χ2v) is 4.65. The molecule has 0 unspecified atom stereocenters. The standard InChI is InChI=1S/C14H18N2O4/c17-13(18)10-16(12-4-2-1-3-5-12)14(19)15-11-6-8-20-9-7-11/h1-5,11H,6-10H2,(H,15,19)(H,17,18). The van der Waals surface area contributed by atoms with Gasteiger partial charge in [-0.15, -0.1) is 0 Å². The average Bonchev–Trinajstić information content (AvgIpc) is 2.46. The van der Waals surface area contributed by atoms with Crippen molar-refractivity contribution in [3.8, 4) is 0 Å². The summed E-state index contributed by atoms with van der Waals surface area (Å²) < 4.78 is 5.23. The van der Waals surface area contributed by atoms with Crippen molar-refractivity contribution in [2.75, 3.05) is 24.7 Å². The summed E-state index contributed by atoms with van der Waals surface area (Å²) >= 11 is 0. The molecule has 0 radical (unpaired) electrons. The molecular weight excluding hydrogens is 260 g/mol. The number of benzene rings is 1. The first-order valence-corrected chi connectivity index (χ1v) is 6.59. The predicted molar refractivity (Wildman–Crippen MR) is 73.8 cm³/mol. The number of carbonyl (C=O) groups is 2. The summed E-state index contributed by atoms with van der Waals surface area (Å²) in [5.74, 6) is -1.05. The van der Waals surface area contributed by atoms with E-state index in [0.717, 1.165) is 12.8 Å². The number of urea groups is 1. The summed E-state index contributed by atoms with van der Waals surface area (Å²) in [4.78, 5) is 24.4. The number of para-hydroxylation sites is 1. The molecule has 1 aliphatic heterocycles. The van der Waals surface area contributed by atoms with Crippen molar-refractivity contribution in [2.45, 2.75) is 18.9 Å². The molecule has 0 spiro atoms. The van der Waals surface area contributed by atoms with E-state index in [1.807, 2.05) is 6.07 Å². The van der Waals surface area contributed by atoms with Crippen molar-refractivity contribution in [1.29, 1.82) is 0 Å². The Morgan fingerprint density at radius 1 is 1.25 bits per heavy atom. The van der Waals surface area contributed by atoms with Gasteiger partial charge < -0.3 is 15.2 Å². The summed E-state index contributed by atoms with van der Waals surface area (Å²) in [5.41, 5.74) is 0.569. The highest BCUT2D eigenvalue weighted by molar-refractivity contribution is 5.96. The van der Waals surface area contributed by atoms with Gasteiger partial charge in [-0.05, 0) is 25.0 Å². The molecule has 108 valence electrons. The van der Waals surface area contributed by atoms with E-state index in [1.165, 1.54) is 4.90 Å². The first-order valence-electron chi connectivity index (χ1n) is 6.59. The average molecular weight is 278 g/mol. The minimum atomic E-state index is -1.05. The van der Waals surface area contributed by atoms with Crippen molar-refractivity contribution in [3.63, 3.8) is 0 Å². The van der Waals surface area contributed by atoms with E-state index in [9.17, 15) is 9.59 Å². The van der Waals surface area contributed by atoms with Crippen LogP contribution in [0.25, 0.3) is 0 Å². The summed E-state index contributed by atoms with van der Waals surface area (Å²) in [6.45, 7) is 0.878. The highest BCUT2D eigenvalue weighted by Gasteiger charge is 2.22. The Morgan fingerprint density at radius 3 is 2.50 bits per heavy atom. The molecule has 20 heavy (non-hydrogen) atoms. The van der Waals surface area contributed by atoms with Crippen LogP contribution in [0.15, 0.2) is 30.3 Å². The highest BCUT2D eigenvalue weighted by Crippen LogP contribution is 2.14. The van der Waals surface area contributed by atoms with Crippen LogP contribution in [0, 0.1) is 0 Å². The van der Waals surface area contributed by atoms with E-state index in [2.05, 4.69) is 5.32 Å². The molecule has 0 aromatic heterocycles. The first-order chi connectivity index (χ1) is 9.66. The number of anilines is 1. The molecule has 0 bridgehead atoms. The first kappa shape index (κ1) is 14.3. The fourth-order valence-corrected chi connectivity index (χ4v) is 2.12. The molecule has 0 atom stereocenters. The monoisotopic (exact) mass is 278 g/mol. The molecule has 2 rings (SSSR count). The number of aliphatic carboxylic acids is 1. The SMILES string of the molecule is O=C(O)CN(C(=O)NC1CCOCC1)c1ccccc1. The third-order valence-corrected chi connectivity index (χ3v) is 3.16. The summed E-state index contributed by atoms with van der Waals surface area (Å²) in [7, 11) is 0. The van der Waals surface area contributed by atoms with E-state index in [4.69, 9.17) is 9.84 Å². The van der Waals surface area contributed by atoms with Crippen molar-refractivity contribution >= 4 is 17.7 Å². The van der Waals surface area contributed by atoms with Crippen molar-refractivity contribution in [1.82, 2.24) is 5.32 Å². The van der Waals surface area contributed by atoms with Crippen LogP contribution in [0.5, 0.6) is 0 Å². The van der Waals surface area contributed by atoms with E-state index in [1.54, 1.807) is 24.3 Å². The van der Waals surface area contributed by atoms with E-state index in [-0.39, 0.29) is 18.6 Å². The Morgan fingerprint density at radius 2 is 1.90 bits per heavy atom. The van der Waals surface area contributed by atoms with Crippen LogP contribution in [0.2, 0.25) is 0 Å². The maximum absolute atomic E-state index is 12.3. The van der Waals surface area contributed by atoms with Crippen LogP contribution in [-0.4, -0.2) is 42.9 Å². The van der Waals surface area contributed by atoms with Crippen LogP contribution >= 0.6 is 0 Å². The van der Waals surface area contributed by atoms with Crippen molar-refractivity contribution < 1.29 is 19.4 Å². The zero-order valence-corrected chi connectivity index (χ0v) is 11.1. The van der Waals surface area contributed by atoms with Gasteiger partial charge in [0.25, 0.3) is 0 Å². The van der Waals surface area contributed by atoms with Gasteiger partial charge in [0.2, 0.25) is 0 Å². The number of nitrogens with one attached hydrogen (secondary N) is 1. The topological polar surface area (TPSA) is 78.9 Å². The van der Waals surface area contributed by atoms with Gasteiger partial charge in [0.15, 0.2) is 0 Å². The molecule has 0 aliphatic carbocycles. The molecule has 1 aromatic rings. The van der Waals surface area contributed by atoms with E-state index < -0.39 is 5.97 Å². The van der Waals surface area contributed by atoms with Crippen LogP contribution in [0.3, 0.4) is 0 Å². The minimum absolute atomic E-state index is 0.0382. The maximum Gasteiger partial charge on any atom is 0.323 e. The van der Waals surface area contributed by atoms with Gasteiger partial charge in [-0.2, -0.15) is 0 Å². The number of carboxylic acid groups (broad SMARTS) is 1. The third-order valence-electron chi connectivity index (χ3n) is 3.16. The van der Waals surface area contributed by atoms with Crippen LogP contribution in [0.4, 0.5) is 10.5 Å². The fraction of sp³-hybridized carbons (Fsp3) is 0.429. The minimum Gasteiger partial charge on any atom is -0.480 e. The molecule has 6 nitrogen and oxygen atoms in total. The highest BCUT2D eigenvalue weighted by atomic mass is 16.5. The lowest BCUT2D eigenvalue weighted by Gasteiger charge is -2.27. The second-order valence-electron chi connectivity index (χ2n) is 4.65. The molecule has 1 aliphatic rings. The summed E-state index contributed by atoms with van der Waals surface area (Å²) in [5, 5.41) is 11.8. The summed E-state index contributed by atoms with van der Waals surface area (Å²) in [6.07, 6.45) is 1.50. The largest absolute Gasteiger partial charge is 0.480 e. The smallest absolute Gasteiger partial charge is 0.323 e. The van der Waals surface area contributed by atoms with Crippen molar-refractivity contribution in [2.24, 2.45) is 0 Å². The molecule has 2 N–H and O–H groups in total. The zero-order chi connectivity index (χ0) is 14.4. The lowest BCUT2D eigenvalue weighted by molar-refractivity contribution is -0.135. The number of ether oxygens (including phenoxy) is 1. The van der Waals surface area contributed by atoms with Gasteiger partial charge in [0, 0.05) is 24.9 Å². The molecular formula is C14H18N2O4. The molecule has 1 fully saturated rings. The van der Waals surface area contributed by atoms with Gasteiger partial charge in [0.05, 0.1) is 0 Å². The van der Waals surface area contributed by atoms with Crippen LogP contribution < -0.4 is 10.2 Å². The van der Waals surface area contributed by atoms with E-state index in [0.29, 0.717) is 18.9 Å². The summed E-state index contributed by atoms with van der Waals surface area (Å²) in [6, 6.07) is 8.44. The fourth-order valence-electron chi connectivity index (χ4n) is 2.12. The molecule has 0 saturated carbocycles. The van der Waals surface area contributed by atoms with Gasteiger partial charge in [-0.25, -0.2) is 4.79 Å². The number of carbonyl (C=O) groups excluding carboxylic acids is 1. The van der Waals surface area contributed by atoms with Gasteiger partial charge in [-0.3, -0.25) is 9.69 Å². The van der Waals surface area contributed by atoms with Gasteiger partial charge >= 0.3 is 12.0 Å². The van der Waals surface area contributed by atoms with Crippen LogP contribution in [0.1, 0.15) is 12.8 Å². The van der Waals surface area contributed by atoms with Gasteiger partial charge in [-0.1, -0.05) is 18.2 Å². The number of amides is 2. The quantitative estimate of drug-likeness (QED) is 0.874. The maximum atomic E-state index is 12.3. The zero-order valence-electron chi connectivity index (χ0n) is 11.1. The third kappa shape index (κ3) is 3.96. The number of hydrogen-bond acceptors (Lipinski definition) is 3. The Bertz CT molecular complexity index is 458. The second kappa shape index (κ2) is 6.91. The van der Waals surface area contributed by atoms with E-state index >= 15 is 0 Å². The molecule has 1 heterocycles. The normalized spacial score (nSPS) is 15.6. The number of carboxylic acids is 1. The Labute approximate surface area is 117 Å². The number of nitrogens with zero attached hydrogens (tertiary/aromatic N) is 1. The Balaban J connectivity index is 2.05. The molecule has 6 heteroatoms. The molecule has 1 saturated heterocycles.